The lowest BCUT2D eigenvalue weighted by Gasteiger charge is -2.49. The first-order chi connectivity index (χ1) is 7.53. The summed E-state index contributed by atoms with van der Waals surface area (Å²) in [5, 5.41) is 0. The number of allylic oxidation sites excluding steroid dienone is 4. The predicted molar refractivity (Wildman–Crippen MR) is 65.0 cm³/mol. The van der Waals surface area contributed by atoms with E-state index in [1.54, 1.807) is 0 Å². The summed E-state index contributed by atoms with van der Waals surface area (Å²) in [5.74, 6) is 0.267. The molecule has 88 valence electrons. The summed E-state index contributed by atoms with van der Waals surface area (Å²) in [4.78, 5) is 0. The van der Waals surface area contributed by atoms with E-state index in [0.717, 1.165) is 25.7 Å². The smallest absolute Gasteiger partial charge is 0.168 e. The monoisotopic (exact) mass is 258 g/mol. The Hall–Kier alpha value is -0.280. The molecule has 0 unspecified atom stereocenters. The van der Waals surface area contributed by atoms with E-state index in [4.69, 9.17) is 11.6 Å². The average molecular weight is 259 g/mol. The zero-order chi connectivity index (χ0) is 11.4. The summed E-state index contributed by atoms with van der Waals surface area (Å²) in [6.45, 7) is 0. The van der Waals surface area contributed by atoms with Gasteiger partial charge in [-0.15, -0.1) is 11.6 Å². The van der Waals surface area contributed by atoms with Crippen molar-refractivity contribution in [2.75, 3.05) is 5.75 Å². The Kier molecular flexibility index (Phi) is 2.13. The highest BCUT2D eigenvalue weighted by Crippen LogP contribution is 2.64. The summed E-state index contributed by atoms with van der Waals surface area (Å²) in [7, 11) is -3.12. The van der Waals surface area contributed by atoms with Gasteiger partial charge in [0.15, 0.2) is 9.84 Å². The number of hydrogen-bond donors (Lipinski definition) is 0. The van der Waals surface area contributed by atoms with E-state index in [0.29, 0.717) is 0 Å². The van der Waals surface area contributed by atoms with Crippen LogP contribution in [0.3, 0.4) is 0 Å². The Morgan fingerprint density at radius 2 is 1.50 bits per heavy atom. The van der Waals surface area contributed by atoms with Gasteiger partial charge in [-0.3, -0.25) is 0 Å². The van der Waals surface area contributed by atoms with Crippen LogP contribution in [-0.2, 0) is 9.84 Å². The first kappa shape index (κ1) is 10.8. The molecule has 0 amide bonds. The van der Waals surface area contributed by atoms with Crippen LogP contribution < -0.4 is 0 Å². The molecule has 0 aromatic rings. The van der Waals surface area contributed by atoms with Crippen molar-refractivity contribution in [3.05, 3.63) is 24.3 Å². The van der Waals surface area contributed by atoms with E-state index in [9.17, 15) is 8.42 Å². The van der Waals surface area contributed by atoms with Crippen molar-refractivity contribution in [1.29, 1.82) is 0 Å². The van der Waals surface area contributed by atoms with Gasteiger partial charge >= 0.3 is 0 Å². The molecule has 0 aromatic carbocycles. The molecule has 0 radical (unpaired) electrons. The van der Waals surface area contributed by atoms with Gasteiger partial charge in [-0.05, 0) is 31.1 Å². The molecule has 3 rings (SSSR count). The lowest BCUT2D eigenvalue weighted by Crippen LogP contribution is -2.45. The second-order valence-electron chi connectivity index (χ2n) is 5.32. The van der Waals surface area contributed by atoms with Crippen LogP contribution in [0.5, 0.6) is 0 Å². The van der Waals surface area contributed by atoms with E-state index >= 15 is 0 Å². The molecule has 0 N–H and O–H groups in total. The average Bonchev–Trinajstić information content (AvgIpc) is 2.45. The highest BCUT2D eigenvalue weighted by atomic mass is 35.5. The summed E-state index contributed by atoms with van der Waals surface area (Å²) < 4.78 is 23.5. The Morgan fingerprint density at radius 1 is 1.00 bits per heavy atom. The second-order valence-corrected chi connectivity index (χ2v) is 8.10. The first-order valence-corrected chi connectivity index (χ1v) is 7.83. The van der Waals surface area contributed by atoms with Gasteiger partial charge in [0.1, 0.15) is 4.71 Å². The van der Waals surface area contributed by atoms with Crippen molar-refractivity contribution in [1.82, 2.24) is 0 Å². The molecule has 1 aliphatic heterocycles. The van der Waals surface area contributed by atoms with Crippen molar-refractivity contribution in [3.63, 3.8) is 0 Å². The summed E-state index contributed by atoms with van der Waals surface area (Å²) in [6, 6.07) is 0. The molecule has 1 atom stereocenters. The van der Waals surface area contributed by atoms with Crippen LogP contribution in [0.15, 0.2) is 24.3 Å². The van der Waals surface area contributed by atoms with Crippen LogP contribution in [0.25, 0.3) is 0 Å². The highest BCUT2D eigenvalue weighted by molar-refractivity contribution is 7.93. The second kappa shape index (κ2) is 3.14. The molecule has 0 saturated carbocycles. The largest absolute Gasteiger partial charge is 0.227 e. The molecule has 1 fully saturated rings. The molecule has 0 spiro atoms. The van der Waals surface area contributed by atoms with Gasteiger partial charge in [-0.2, -0.15) is 0 Å². The lowest BCUT2D eigenvalue weighted by atomic mass is 9.55. The highest BCUT2D eigenvalue weighted by Gasteiger charge is 2.65. The van der Waals surface area contributed by atoms with Gasteiger partial charge in [0, 0.05) is 5.41 Å². The molecule has 0 aromatic heterocycles. The Bertz CT molecular complexity index is 457. The number of alkyl halides is 1. The lowest BCUT2D eigenvalue weighted by molar-refractivity contribution is 0.0763. The van der Waals surface area contributed by atoms with Crippen LogP contribution in [0.1, 0.15) is 25.7 Å². The van der Waals surface area contributed by atoms with Crippen molar-refractivity contribution in [2.45, 2.75) is 30.4 Å². The van der Waals surface area contributed by atoms with Crippen LogP contribution in [0, 0.1) is 10.8 Å². The first-order valence-electron chi connectivity index (χ1n) is 5.68. The molecule has 0 bridgehead atoms. The van der Waals surface area contributed by atoms with Gasteiger partial charge in [-0.25, -0.2) is 8.42 Å². The van der Waals surface area contributed by atoms with Crippen LogP contribution in [0.4, 0.5) is 0 Å². The van der Waals surface area contributed by atoms with Crippen molar-refractivity contribution >= 4 is 21.4 Å². The third-order valence-electron chi connectivity index (χ3n) is 4.60. The van der Waals surface area contributed by atoms with Crippen LogP contribution in [-0.4, -0.2) is 18.9 Å². The molecule has 16 heavy (non-hydrogen) atoms. The van der Waals surface area contributed by atoms with E-state index in [1.165, 1.54) is 0 Å². The molecule has 1 saturated heterocycles. The summed E-state index contributed by atoms with van der Waals surface area (Å²) in [6.07, 6.45) is 11.8. The fourth-order valence-corrected chi connectivity index (χ4v) is 6.87. The normalized spacial score (nSPS) is 48.7. The molecule has 4 heteroatoms. The molecular formula is C12H15ClO2S. The summed E-state index contributed by atoms with van der Waals surface area (Å²) >= 11 is 6.28. The molecule has 2 nitrogen and oxygen atoms in total. The van der Waals surface area contributed by atoms with E-state index in [-0.39, 0.29) is 16.6 Å². The molecule has 2 aliphatic carbocycles. The third-order valence-corrected chi connectivity index (χ3v) is 7.87. The minimum absolute atomic E-state index is 0.123. The number of hydrogen-bond acceptors (Lipinski definition) is 2. The molecular weight excluding hydrogens is 244 g/mol. The molecule has 1 heterocycles. The maximum Gasteiger partial charge on any atom is 0.168 e. The predicted octanol–water partition coefficient (Wildman–Crippen LogP) is 2.65. The van der Waals surface area contributed by atoms with Gasteiger partial charge in [0.05, 0.1) is 5.75 Å². The van der Waals surface area contributed by atoms with E-state index < -0.39 is 14.5 Å². The van der Waals surface area contributed by atoms with E-state index in [2.05, 4.69) is 24.3 Å². The maximum absolute atomic E-state index is 12.1. The number of halogens is 1. The fraction of sp³-hybridized carbons (Fsp3) is 0.667. The zero-order valence-electron chi connectivity index (χ0n) is 9.02. The van der Waals surface area contributed by atoms with Crippen molar-refractivity contribution < 1.29 is 8.42 Å². The minimum Gasteiger partial charge on any atom is -0.227 e. The number of sulfone groups is 1. The SMILES string of the molecule is O=S1(=O)CC23CC=CCC2(CC=CC3)[C@@H]1Cl. The van der Waals surface area contributed by atoms with Gasteiger partial charge in [-0.1, -0.05) is 24.3 Å². The third kappa shape index (κ3) is 1.11. The van der Waals surface area contributed by atoms with Gasteiger partial charge < -0.3 is 0 Å². The van der Waals surface area contributed by atoms with Gasteiger partial charge in [0.25, 0.3) is 0 Å². The standard InChI is InChI=1S/C12H15ClO2S/c13-10-12-7-3-1-5-11(12,6-2-4-8-12)9-16(10,14)15/h1-4,10H,5-9H2/t10-,11?,12?/m1/s1. The van der Waals surface area contributed by atoms with Crippen molar-refractivity contribution in [3.8, 4) is 0 Å². The quantitative estimate of drug-likeness (QED) is 0.495. The maximum atomic E-state index is 12.1. The Labute approximate surface area is 101 Å². The fourth-order valence-electron chi connectivity index (χ4n) is 3.70. The summed E-state index contributed by atoms with van der Waals surface area (Å²) in [5.41, 5.74) is -0.362. The van der Waals surface area contributed by atoms with Crippen molar-refractivity contribution in [2.24, 2.45) is 10.8 Å². The molecule has 3 aliphatic rings. The van der Waals surface area contributed by atoms with Crippen LogP contribution >= 0.6 is 11.6 Å². The zero-order valence-corrected chi connectivity index (χ0v) is 10.6. The topological polar surface area (TPSA) is 34.1 Å². The van der Waals surface area contributed by atoms with Crippen LogP contribution in [0.2, 0.25) is 0 Å². The van der Waals surface area contributed by atoms with E-state index in [1.807, 2.05) is 0 Å². The Morgan fingerprint density at radius 3 is 2.00 bits per heavy atom. The Balaban J connectivity index is 2.21. The number of rotatable bonds is 0. The minimum atomic E-state index is -3.12. The van der Waals surface area contributed by atoms with Gasteiger partial charge in [0.2, 0.25) is 0 Å².